The van der Waals surface area contributed by atoms with Gasteiger partial charge in [-0.15, -0.1) is 0 Å². The summed E-state index contributed by atoms with van der Waals surface area (Å²) in [6.07, 6.45) is 6.06. The molecule has 0 saturated carbocycles. The molecule has 1 amide bonds. The Morgan fingerprint density at radius 1 is 1.15 bits per heavy atom. The van der Waals surface area contributed by atoms with Crippen LogP contribution in [0.15, 0.2) is 60.8 Å². The number of carbonyl (C=O) groups excluding carboxylic acids is 1. The van der Waals surface area contributed by atoms with Gasteiger partial charge in [-0.05, 0) is 36.8 Å². The number of hydrogen-bond donors (Lipinski definition) is 0. The van der Waals surface area contributed by atoms with Crippen LogP contribution in [0.5, 0.6) is 5.75 Å². The fraction of sp³-hybridized carbons (Fsp3) is 0.333. The van der Waals surface area contributed by atoms with Crippen LogP contribution in [-0.4, -0.2) is 53.6 Å². The van der Waals surface area contributed by atoms with Crippen LogP contribution in [0.25, 0.3) is 17.0 Å². The molecule has 6 nitrogen and oxygen atoms in total. The van der Waals surface area contributed by atoms with E-state index >= 15 is 0 Å². The molecule has 1 aromatic heterocycles. The van der Waals surface area contributed by atoms with Crippen molar-refractivity contribution in [3.63, 3.8) is 0 Å². The molecule has 1 unspecified atom stereocenters. The highest BCUT2D eigenvalue weighted by Gasteiger charge is 2.24. The Hall–Kier alpha value is -3.56. The van der Waals surface area contributed by atoms with Gasteiger partial charge < -0.3 is 14.2 Å². The molecule has 2 aromatic carbocycles. The minimum Gasteiger partial charge on any atom is -0.497 e. The second-order valence-corrected chi connectivity index (χ2v) is 8.35. The molecule has 170 valence electrons. The summed E-state index contributed by atoms with van der Waals surface area (Å²) < 4.78 is 7.44. The summed E-state index contributed by atoms with van der Waals surface area (Å²) in [5.41, 5.74) is 3.31. The van der Waals surface area contributed by atoms with Crippen molar-refractivity contribution >= 4 is 22.9 Å². The lowest BCUT2D eigenvalue weighted by molar-refractivity contribution is -0.127. The van der Waals surface area contributed by atoms with Crippen molar-refractivity contribution in [3.8, 4) is 11.8 Å². The Bertz CT molecular complexity index is 1180. The van der Waals surface area contributed by atoms with Gasteiger partial charge in [0.1, 0.15) is 5.75 Å². The van der Waals surface area contributed by atoms with E-state index in [0.717, 1.165) is 35.3 Å². The molecule has 1 fully saturated rings. The van der Waals surface area contributed by atoms with Crippen LogP contribution in [0.3, 0.4) is 0 Å². The molecule has 2 heterocycles. The number of piperazine rings is 1. The van der Waals surface area contributed by atoms with E-state index in [9.17, 15) is 4.79 Å². The SMILES string of the molecule is COc1cccc(C(C)N2CCN(C(=O)C=Cc3cn(CCC#N)c4ccccc34)CC2)c1. The zero-order valence-corrected chi connectivity index (χ0v) is 19.3. The summed E-state index contributed by atoms with van der Waals surface area (Å²) in [6.45, 7) is 5.94. The van der Waals surface area contributed by atoms with Crippen LogP contribution in [0.2, 0.25) is 0 Å². The smallest absolute Gasteiger partial charge is 0.246 e. The summed E-state index contributed by atoms with van der Waals surface area (Å²) in [5, 5.41) is 10.0. The molecule has 0 N–H and O–H groups in total. The van der Waals surface area contributed by atoms with E-state index < -0.39 is 0 Å². The van der Waals surface area contributed by atoms with E-state index in [1.165, 1.54) is 5.56 Å². The van der Waals surface area contributed by atoms with Crippen molar-refractivity contribution in [2.75, 3.05) is 33.3 Å². The number of carbonyl (C=O) groups is 1. The Balaban J connectivity index is 1.39. The first-order valence-electron chi connectivity index (χ1n) is 11.4. The molecule has 0 spiro atoms. The van der Waals surface area contributed by atoms with Crippen LogP contribution < -0.4 is 4.74 Å². The van der Waals surface area contributed by atoms with Crippen LogP contribution >= 0.6 is 0 Å². The molecule has 4 rings (SSSR count). The Kier molecular flexibility index (Phi) is 7.11. The zero-order valence-electron chi connectivity index (χ0n) is 19.3. The zero-order chi connectivity index (χ0) is 23.2. The molecular formula is C27H30N4O2. The maximum Gasteiger partial charge on any atom is 0.246 e. The molecule has 6 heteroatoms. The first-order valence-corrected chi connectivity index (χ1v) is 11.4. The molecule has 33 heavy (non-hydrogen) atoms. The van der Waals surface area contributed by atoms with Gasteiger partial charge in [0.2, 0.25) is 5.91 Å². The van der Waals surface area contributed by atoms with E-state index in [1.54, 1.807) is 13.2 Å². The van der Waals surface area contributed by atoms with Gasteiger partial charge in [0.15, 0.2) is 0 Å². The number of methoxy groups -OCH3 is 1. The lowest BCUT2D eigenvalue weighted by atomic mass is 10.1. The highest BCUT2D eigenvalue weighted by Crippen LogP contribution is 2.25. The third-order valence-electron chi connectivity index (χ3n) is 6.44. The lowest BCUT2D eigenvalue weighted by Gasteiger charge is -2.38. The number of rotatable bonds is 7. The van der Waals surface area contributed by atoms with Gasteiger partial charge in [-0.1, -0.05) is 30.3 Å². The number of para-hydroxylation sites is 1. The van der Waals surface area contributed by atoms with Crippen molar-refractivity contribution in [1.82, 2.24) is 14.4 Å². The van der Waals surface area contributed by atoms with Crippen molar-refractivity contribution in [1.29, 1.82) is 5.26 Å². The summed E-state index contributed by atoms with van der Waals surface area (Å²) in [7, 11) is 1.69. The monoisotopic (exact) mass is 442 g/mol. The van der Waals surface area contributed by atoms with Crippen LogP contribution in [-0.2, 0) is 11.3 Å². The fourth-order valence-electron chi connectivity index (χ4n) is 4.47. The Morgan fingerprint density at radius 3 is 2.70 bits per heavy atom. The van der Waals surface area contributed by atoms with Gasteiger partial charge in [0.25, 0.3) is 0 Å². The Morgan fingerprint density at radius 2 is 1.94 bits per heavy atom. The van der Waals surface area contributed by atoms with E-state index in [2.05, 4.69) is 46.7 Å². The van der Waals surface area contributed by atoms with Crippen LogP contribution in [0.1, 0.15) is 30.5 Å². The maximum absolute atomic E-state index is 12.9. The number of amides is 1. The van der Waals surface area contributed by atoms with E-state index in [-0.39, 0.29) is 11.9 Å². The van der Waals surface area contributed by atoms with Gasteiger partial charge in [0.05, 0.1) is 19.6 Å². The summed E-state index contributed by atoms with van der Waals surface area (Å²) in [6, 6.07) is 18.8. The quantitative estimate of drug-likeness (QED) is 0.506. The molecule has 1 atom stereocenters. The summed E-state index contributed by atoms with van der Waals surface area (Å²) >= 11 is 0. The number of aromatic nitrogens is 1. The van der Waals surface area contributed by atoms with Crippen molar-refractivity contribution in [2.45, 2.75) is 25.9 Å². The number of benzene rings is 2. The molecule has 0 aliphatic carbocycles. The predicted octanol–water partition coefficient (Wildman–Crippen LogP) is 4.48. The molecule has 3 aromatic rings. The Labute approximate surface area is 195 Å². The largest absolute Gasteiger partial charge is 0.497 e. The number of nitriles is 1. The normalized spacial score (nSPS) is 15.6. The molecule has 0 radical (unpaired) electrons. The van der Waals surface area contributed by atoms with Crippen LogP contribution in [0.4, 0.5) is 0 Å². The molecular weight excluding hydrogens is 412 g/mol. The van der Waals surface area contributed by atoms with Gasteiger partial charge in [0, 0.05) is 67.5 Å². The predicted molar refractivity (Wildman–Crippen MR) is 131 cm³/mol. The number of hydrogen-bond acceptors (Lipinski definition) is 4. The number of aryl methyl sites for hydroxylation is 1. The highest BCUT2D eigenvalue weighted by molar-refractivity contribution is 5.96. The van der Waals surface area contributed by atoms with Crippen LogP contribution in [0, 0.1) is 11.3 Å². The molecule has 1 aliphatic rings. The molecule has 1 saturated heterocycles. The van der Waals surface area contributed by atoms with E-state index in [4.69, 9.17) is 10.00 Å². The summed E-state index contributed by atoms with van der Waals surface area (Å²) in [4.78, 5) is 17.2. The van der Waals surface area contributed by atoms with Crippen molar-refractivity contribution in [3.05, 3.63) is 71.9 Å². The maximum atomic E-state index is 12.9. The topological polar surface area (TPSA) is 61.5 Å². The fourth-order valence-corrected chi connectivity index (χ4v) is 4.47. The third-order valence-corrected chi connectivity index (χ3v) is 6.44. The first kappa shape index (κ1) is 22.6. The minimum atomic E-state index is 0.0394. The van der Waals surface area contributed by atoms with Gasteiger partial charge in [-0.2, -0.15) is 5.26 Å². The minimum absolute atomic E-state index is 0.0394. The average molecular weight is 443 g/mol. The molecule has 1 aliphatic heterocycles. The second kappa shape index (κ2) is 10.4. The summed E-state index contributed by atoms with van der Waals surface area (Å²) in [5.74, 6) is 0.907. The average Bonchev–Trinajstić information content (AvgIpc) is 3.23. The standard InChI is InChI=1S/C27H30N4O2/c1-21(22-7-5-8-24(19-22)33-2)29-15-17-30(18-16-29)27(32)12-11-23-20-31(14-6-13-28)26-10-4-3-9-25(23)26/h3-5,7-12,19-21H,6,14-18H2,1-2H3. The van der Waals surface area contributed by atoms with Crippen molar-refractivity contribution in [2.24, 2.45) is 0 Å². The van der Waals surface area contributed by atoms with Crippen molar-refractivity contribution < 1.29 is 9.53 Å². The third kappa shape index (κ3) is 5.10. The van der Waals surface area contributed by atoms with E-state index in [0.29, 0.717) is 26.1 Å². The van der Waals surface area contributed by atoms with Gasteiger partial charge in [-0.25, -0.2) is 0 Å². The first-order chi connectivity index (χ1) is 16.1. The van der Waals surface area contributed by atoms with Gasteiger partial charge >= 0.3 is 0 Å². The van der Waals surface area contributed by atoms with E-state index in [1.807, 2.05) is 41.4 Å². The number of ether oxygens (including phenoxy) is 1. The lowest BCUT2D eigenvalue weighted by Crippen LogP contribution is -2.48. The highest BCUT2D eigenvalue weighted by atomic mass is 16.5. The second-order valence-electron chi connectivity index (χ2n) is 8.35. The molecule has 0 bridgehead atoms. The van der Waals surface area contributed by atoms with Gasteiger partial charge in [-0.3, -0.25) is 9.69 Å². The number of fused-ring (bicyclic) bond motifs is 1. The number of nitrogens with zero attached hydrogens (tertiary/aromatic N) is 4.